The summed E-state index contributed by atoms with van der Waals surface area (Å²) in [5.41, 5.74) is 4.50. The molecule has 0 aliphatic carbocycles. The second-order valence-electron chi connectivity index (χ2n) is 6.99. The minimum atomic E-state index is 0. The summed E-state index contributed by atoms with van der Waals surface area (Å²) in [6.07, 6.45) is 0.870. The number of methoxy groups -OCH3 is 1. The highest BCUT2D eigenvalue weighted by Crippen LogP contribution is 2.36. The van der Waals surface area contributed by atoms with Gasteiger partial charge >= 0.3 is 0 Å². The molecule has 1 atom stereocenters. The Balaban J connectivity index is 0.00000450. The van der Waals surface area contributed by atoms with Crippen LogP contribution >= 0.6 is 35.6 Å². The highest BCUT2D eigenvalue weighted by Gasteiger charge is 2.15. The molecule has 2 N–H and O–H groups in total. The van der Waals surface area contributed by atoms with E-state index in [1.54, 1.807) is 14.2 Å². The lowest BCUT2D eigenvalue weighted by atomic mass is 10.1. The van der Waals surface area contributed by atoms with Crippen LogP contribution in [-0.2, 0) is 20.0 Å². The molecule has 9 heteroatoms. The van der Waals surface area contributed by atoms with E-state index in [-0.39, 0.29) is 30.0 Å². The van der Waals surface area contributed by atoms with Crippen molar-refractivity contribution in [2.24, 2.45) is 12.0 Å². The van der Waals surface area contributed by atoms with Gasteiger partial charge in [0.1, 0.15) is 0 Å². The number of halogens is 2. The minimum Gasteiger partial charge on any atom is -0.493 e. The second-order valence-corrected chi connectivity index (χ2v) is 7.40. The first-order chi connectivity index (χ1) is 13.8. The zero-order valence-corrected chi connectivity index (χ0v) is 21.9. The van der Waals surface area contributed by atoms with Crippen LogP contribution in [0, 0.1) is 13.8 Å². The number of ether oxygens (including phenoxy) is 2. The fraction of sp³-hybridized carbons (Fsp3) is 0.524. The zero-order valence-electron chi connectivity index (χ0n) is 18.8. The van der Waals surface area contributed by atoms with Gasteiger partial charge in [0.2, 0.25) is 0 Å². The molecule has 1 unspecified atom stereocenters. The maximum atomic E-state index is 6.36. The average molecular weight is 550 g/mol. The SMILES string of the molecule is CCOc1c(Cl)cc(CNC(=NC)NC(C)Cc2c(C)nn(C)c2C)cc1OC.I. The molecule has 0 saturated carbocycles. The van der Waals surface area contributed by atoms with E-state index in [0.29, 0.717) is 29.7 Å². The molecule has 30 heavy (non-hydrogen) atoms. The number of rotatable bonds is 8. The first kappa shape index (κ1) is 26.4. The van der Waals surface area contributed by atoms with Crippen molar-refractivity contribution in [2.45, 2.75) is 46.7 Å². The molecule has 7 nitrogen and oxygen atoms in total. The third-order valence-corrected chi connectivity index (χ3v) is 5.09. The van der Waals surface area contributed by atoms with E-state index >= 15 is 0 Å². The lowest BCUT2D eigenvalue weighted by Crippen LogP contribution is -2.42. The number of hydrogen-bond donors (Lipinski definition) is 2. The molecule has 0 aliphatic heterocycles. The molecule has 0 radical (unpaired) electrons. The summed E-state index contributed by atoms with van der Waals surface area (Å²) in [6.45, 7) is 9.27. The van der Waals surface area contributed by atoms with Crippen molar-refractivity contribution in [3.63, 3.8) is 0 Å². The number of nitrogens with zero attached hydrogens (tertiary/aromatic N) is 3. The average Bonchev–Trinajstić information content (AvgIpc) is 2.92. The van der Waals surface area contributed by atoms with Crippen molar-refractivity contribution < 1.29 is 9.47 Å². The van der Waals surface area contributed by atoms with Crippen molar-refractivity contribution in [1.82, 2.24) is 20.4 Å². The molecule has 1 aromatic carbocycles. The summed E-state index contributed by atoms with van der Waals surface area (Å²) in [5, 5.41) is 11.8. The number of aliphatic imine (C=N–C) groups is 1. The maximum absolute atomic E-state index is 6.36. The Morgan fingerprint density at radius 3 is 2.57 bits per heavy atom. The van der Waals surface area contributed by atoms with Gasteiger partial charge in [0.25, 0.3) is 0 Å². The molecule has 0 saturated heterocycles. The quantitative estimate of drug-likeness (QED) is 0.296. The normalized spacial score (nSPS) is 12.2. The largest absolute Gasteiger partial charge is 0.493 e. The summed E-state index contributed by atoms with van der Waals surface area (Å²) in [7, 11) is 5.34. The lowest BCUT2D eigenvalue weighted by molar-refractivity contribution is 0.311. The molecule has 2 rings (SSSR count). The Bertz CT molecular complexity index is 870. The van der Waals surface area contributed by atoms with Gasteiger partial charge in [-0.3, -0.25) is 9.67 Å². The van der Waals surface area contributed by atoms with Gasteiger partial charge in [-0.05, 0) is 57.4 Å². The maximum Gasteiger partial charge on any atom is 0.191 e. The summed E-state index contributed by atoms with van der Waals surface area (Å²) in [6, 6.07) is 3.99. The molecule has 0 bridgehead atoms. The molecule has 1 heterocycles. The predicted octanol–water partition coefficient (Wildman–Crippen LogP) is 4.01. The van der Waals surface area contributed by atoms with Gasteiger partial charge in [0, 0.05) is 32.4 Å². The summed E-state index contributed by atoms with van der Waals surface area (Å²) in [5.74, 6) is 1.91. The van der Waals surface area contributed by atoms with Crippen LogP contribution in [0.4, 0.5) is 0 Å². The summed E-state index contributed by atoms with van der Waals surface area (Å²) < 4.78 is 12.9. The number of hydrogen-bond acceptors (Lipinski definition) is 4. The van der Waals surface area contributed by atoms with Crippen LogP contribution < -0.4 is 20.1 Å². The van der Waals surface area contributed by atoms with E-state index in [9.17, 15) is 0 Å². The molecular formula is C21H33ClIN5O2. The first-order valence-corrected chi connectivity index (χ1v) is 10.1. The van der Waals surface area contributed by atoms with E-state index in [4.69, 9.17) is 21.1 Å². The number of aryl methyl sites for hydroxylation is 2. The van der Waals surface area contributed by atoms with Crippen molar-refractivity contribution >= 4 is 41.5 Å². The van der Waals surface area contributed by atoms with E-state index < -0.39 is 0 Å². The van der Waals surface area contributed by atoms with E-state index in [1.165, 1.54) is 11.3 Å². The molecule has 2 aromatic rings. The Hall–Kier alpha value is -1.68. The number of nitrogens with one attached hydrogen (secondary N) is 2. The van der Waals surface area contributed by atoms with Crippen molar-refractivity contribution in [3.8, 4) is 11.5 Å². The van der Waals surface area contributed by atoms with Crippen LogP contribution in [0.15, 0.2) is 17.1 Å². The van der Waals surface area contributed by atoms with Gasteiger partial charge in [-0.1, -0.05) is 11.6 Å². The molecule has 0 amide bonds. The van der Waals surface area contributed by atoms with Crippen LogP contribution in [0.2, 0.25) is 5.02 Å². The van der Waals surface area contributed by atoms with Gasteiger partial charge in [-0.25, -0.2) is 0 Å². The topological polar surface area (TPSA) is 72.7 Å². The van der Waals surface area contributed by atoms with Crippen LogP contribution in [0.25, 0.3) is 0 Å². The standard InChI is InChI=1S/C21H32ClN5O2.HI/c1-8-29-20-18(22)10-16(11-19(20)28-7)12-24-21(23-5)25-13(2)9-17-14(3)26-27(6)15(17)4;/h10-11,13H,8-9,12H2,1-7H3,(H2,23,24,25);1H. The van der Waals surface area contributed by atoms with Crippen LogP contribution in [0.5, 0.6) is 11.5 Å². The third kappa shape index (κ3) is 6.66. The Morgan fingerprint density at radius 1 is 1.33 bits per heavy atom. The van der Waals surface area contributed by atoms with E-state index in [2.05, 4.69) is 34.6 Å². The zero-order chi connectivity index (χ0) is 21.6. The van der Waals surface area contributed by atoms with Gasteiger partial charge in [-0.2, -0.15) is 5.10 Å². The third-order valence-electron chi connectivity index (χ3n) is 4.81. The van der Waals surface area contributed by atoms with Gasteiger partial charge in [0.05, 0.1) is 24.4 Å². The molecule has 0 aliphatic rings. The van der Waals surface area contributed by atoms with Gasteiger partial charge < -0.3 is 20.1 Å². The smallest absolute Gasteiger partial charge is 0.191 e. The van der Waals surface area contributed by atoms with E-state index in [1.807, 2.05) is 37.7 Å². The van der Waals surface area contributed by atoms with Crippen LogP contribution in [0.1, 0.15) is 36.4 Å². The highest BCUT2D eigenvalue weighted by atomic mass is 127. The highest BCUT2D eigenvalue weighted by molar-refractivity contribution is 14.0. The van der Waals surface area contributed by atoms with E-state index in [0.717, 1.165) is 23.6 Å². The fourth-order valence-electron chi connectivity index (χ4n) is 3.24. The molecule has 0 spiro atoms. The van der Waals surface area contributed by atoms with Crippen LogP contribution in [-0.4, -0.2) is 42.5 Å². The Kier molecular flexibility index (Phi) is 10.8. The van der Waals surface area contributed by atoms with Crippen LogP contribution in [0.3, 0.4) is 0 Å². The molecule has 1 aromatic heterocycles. The van der Waals surface area contributed by atoms with Crippen molar-refractivity contribution in [2.75, 3.05) is 20.8 Å². The summed E-state index contributed by atoms with van der Waals surface area (Å²) in [4.78, 5) is 4.33. The number of guanidine groups is 1. The number of benzene rings is 1. The summed E-state index contributed by atoms with van der Waals surface area (Å²) >= 11 is 6.36. The van der Waals surface area contributed by atoms with Gasteiger partial charge in [-0.15, -0.1) is 24.0 Å². The first-order valence-electron chi connectivity index (χ1n) is 9.76. The molecular weight excluding hydrogens is 517 g/mol. The molecule has 0 fully saturated rings. The minimum absolute atomic E-state index is 0. The Labute approximate surface area is 201 Å². The Morgan fingerprint density at radius 2 is 2.03 bits per heavy atom. The molecule has 168 valence electrons. The lowest BCUT2D eigenvalue weighted by Gasteiger charge is -2.19. The second kappa shape index (κ2) is 12.2. The van der Waals surface area contributed by atoms with Crippen molar-refractivity contribution in [1.29, 1.82) is 0 Å². The van der Waals surface area contributed by atoms with Crippen molar-refractivity contribution in [3.05, 3.63) is 39.7 Å². The van der Waals surface area contributed by atoms with Gasteiger partial charge in [0.15, 0.2) is 17.5 Å². The fourth-order valence-corrected chi connectivity index (χ4v) is 3.53. The predicted molar refractivity (Wildman–Crippen MR) is 134 cm³/mol. The number of aromatic nitrogens is 2. The monoisotopic (exact) mass is 549 g/mol.